The molecule has 170 valence electrons. The summed E-state index contributed by atoms with van der Waals surface area (Å²) in [5, 5.41) is 4.02. The van der Waals surface area contributed by atoms with Crippen LogP contribution in [-0.4, -0.2) is 63.8 Å². The largest absolute Gasteiger partial charge is 0.497 e. The summed E-state index contributed by atoms with van der Waals surface area (Å²) in [6, 6.07) is 16.2. The molecule has 0 radical (unpaired) electrons. The first-order valence-corrected chi connectivity index (χ1v) is 10.9. The fourth-order valence-electron chi connectivity index (χ4n) is 3.60. The van der Waals surface area contributed by atoms with Gasteiger partial charge in [-0.3, -0.25) is 9.89 Å². The number of benzene rings is 2. The summed E-state index contributed by atoms with van der Waals surface area (Å²) in [6.07, 6.45) is 1.91. The second-order valence-corrected chi connectivity index (χ2v) is 7.83. The van der Waals surface area contributed by atoms with Gasteiger partial charge in [0.25, 0.3) is 0 Å². The Morgan fingerprint density at radius 1 is 1.10 bits per heavy atom. The van der Waals surface area contributed by atoms with Gasteiger partial charge in [-0.05, 0) is 42.7 Å². The molecule has 0 bridgehead atoms. The number of hydrogen-bond acceptors (Lipinski definition) is 4. The van der Waals surface area contributed by atoms with E-state index in [1.165, 1.54) is 5.56 Å². The van der Waals surface area contributed by atoms with Crippen LogP contribution in [0.1, 0.15) is 12.0 Å². The highest BCUT2D eigenvalue weighted by Gasteiger charge is 2.18. The van der Waals surface area contributed by atoms with Crippen LogP contribution in [0.15, 0.2) is 53.5 Å². The maximum absolute atomic E-state index is 6.32. The molecule has 0 saturated carbocycles. The number of methoxy groups -OCH3 is 1. The number of hydrogen-bond donors (Lipinski definition) is 2. The lowest BCUT2D eigenvalue weighted by molar-refractivity contribution is 0.256. The molecule has 0 aromatic heterocycles. The summed E-state index contributed by atoms with van der Waals surface area (Å²) in [5.74, 6) is 1.39. The van der Waals surface area contributed by atoms with Gasteiger partial charge in [0, 0.05) is 45.8 Å². The molecule has 6 nitrogen and oxygen atoms in total. The van der Waals surface area contributed by atoms with E-state index < -0.39 is 0 Å². The van der Waals surface area contributed by atoms with Crippen molar-refractivity contribution >= 4 is 47.2 Å². The number of anilines is 1. The minimum atomic E-state index is 0. The Balaban J connectivity index is 0.00000341. The van der Waals surface area contributed by atoms with Crippen LogP contribution in [0, 0.1) is 0 Å². The minimum Gasteiger partial charge on any atom is -0.497 e. The van der Waals surface area contributed by atoms with Crippen molar-refractivity contribution in [1.82, 2.24) is 10.2 Å². The molecule has 8 heteroatoms. The molecular formula is C23H33ClIN5O. The second kappa shape index (κ2) is 13.6. The van der Waals surface area contributed by atoms with E-state index in [4.69, 9.17) is 22.1 Å². The standard InChI is InChI=1S/C23H32ClN5O.HI/c1-30-20-9-7-19(8-10-20)11-13-27-23(25)26-12-4-14-28-15-17-29(18-16-28)22-6-3-2-5-21(22)24;/h2-3,5-10H,4,11-18H2,1H3,(H3,25,26,27);1H. The Hall–Kier alpha value is -1.71. The lowest BCUT2D eigenvalue weighted by Crippen LogP contribution is -2.46. The quantitative estimate of drug-likeness (QED) is 0.213. The average molecular weight is 558 g/mol. The zero-order valence-electron chi connectivity index (χ0n) is 18.1. The predicted octanol–water partition coefficient (Wildman–Crippen LogP) is 3.63. The number of para-hydroxylation sites is 1. The first-order valence-electron chi connectivity index (χ1n) is 10.5. The lowest BCUT2D eigenvalue weighted by Gasteiger charge is -2.36. The van der Waals surface area contributed by atoms with Crippen molar-refractivity contribution in [3.63, 3.8) is 0 Å². The van der Waals surface area contributed by atoms with Crippen molar-refractivity contribution in [2.75, 3.05) is 57.8 Å². The summed E-state index contributed by atoms with van der Waals surface area (Å²) in [5.41, 5.74) is 8.36. The number of nitrogens with zero attached hydrogens (tertiary/aromatic N) is 3. The van der Waals surface area contributed by atoms with E-state index in [2.05, 4.69) is 38.3 Å². The van der Waals surface area contributed by atoms with E-state index >= 15 is 0 Å². The summed E-state index contributed by atoms with van der Waals surface area (Å²) in [7, 11) is 1.67. The molecule has 0 aliphatic carbocycles. The topological polar surface area (TPSA) is 66.1 Å². The molecule has 0 unspecified atom stereocenters. The van der Waals surface area contributed by atoms with Crippen LogP contribution in [0.4, 0.5) is 5.69 Å². The van der Waals surface area contributed by atoms with E-state index in [1.807, 2.05) is 30.3 Å². The Bertz CT molecular complexity index is 810. The Morgan fingerprint density at radius 2 is 1.81 bits per heavy atom. The number of rotatable bonds is 9. The highest BCUT2D eigenvalue weighted by atomic mass is 127. The number of aliphatic imine (C=N–C) groups is 1. The summed E-state index contributed by atoms with van der Waals surface area (Å²) < 4.78 is 5.17. The van der Waals surface area contributed by atoms with Crippen LogP contribution in [0.25, 0.3) is 0 Å². The number of nitrogens with two attached hydrogens (primary N) is 1. The fraction of sp³-hybridized carbons (Fsp3) is 0.435. The van der Waals surface area contributed by atoms with E-state index in [9.17, 15) is 0 Å². The van der Waals surface area contributed by atoms with Crippen molar-refractivity contribution in [2.24, 2.45) is 10.7 Å². The number of guanidine groups is 1. The third kappa shape index (κ3) is 8.38. The van der Waals surface area contributed by atoms with Gasteiger partial charge in [0.15, 0.2) is 5.96 Å². The molecule has 3 N–H and O–H groups in total. The van der Waals surface area contributed by atoms with Gasteiger partial charge in [0.2, 0.25) is 0 Å². The van der Waals surface area contributed by atoms with Gasteiger partial charge in [-0.1, -0.05) is 35.9 Å². The minimum absolute atomic E-state index is 0. The maximum Gasteiger partial charge on any atom is 0.188 e. The van der Waals surface area contributed by atoms with Crippen LogP contribution in [0.3, 0.4) is 0 Å². The van der Waals surface area contributed by atoms with Crippen molar-refractivity contribution in [1.29, 1.82) is 0 Å². The molecule has 1 saturated heterocycles. The Morgan fingerprint density at radius 3 is 2.48 bits per heavy atom. The van der Waals surface area contributed by atoms with Crippen molar-refractivity contribution in [3.8, 4) is 5.75 Å². The smallest absolute Gasteiger partial charge is 0.188 e. The molecule has 31 heavy (non-hydrogen) atoms. The van der Waals surface area contributed by atoms with Crippen molar-refractivity contribution < 1.29 is 4.74 Å². The molecule has 2 aromatic rings. The highest BCUT2D eigenvalue weighted by molar-refractivity contribution is 14.0. The van der Waals surface area contributed by atoms with Crippen LogP contribution in [0.5, 0.6) is 5.75 Å². The van der Waals surface area contributed by atoms with Crippen LogP contribution < -0.4 is 20.7 Å². The van der Waals surface area contributed by atoms with Crippen LogP contribution in [0.2, 0.25) is 5.02 Å². The van der Waals surface area contributed by atoms with Crippen molar-refractivity contribution in [2.45, 2.75) is 12.8 Å². The van der Waals surface area contributed by atoms with Gasteiger partial charge in [-0.15, -0.1) is 24.0 Å². The molecule has 2 aromatic carbocycles. The van der Waals surface area contributed by atoms with E-state index in [1.54, 1.807) is 7.11 Å². The first kappa shape index (κ1) is 25.5. The van der Waals surface area contributed by atoms with Gasteiger partial charge in [-0.2, -0.15) is 0 Å². The molecule has 1 aliphatic rings. The zero-order valence-corrected chi connectivity index (χ0v) is 21.2. The lowest BCUT2D eigenvalue weighted by atomic mass is 10.1. The van der Waals surface area contributed by atoms with Gasteiger partial charge >= 0.3 is 0 Å². The SMILES string of the molecule is COc1ccc(CCNC(N)=NCCCN2CCN(c3ccccc3Cl)CC2)cc1.I. The third-order valence-electron chi connectivity index (χ3n) is 5.36. The molecule has 0 spiro atoms. The number of piperazine rings is 1. The normalized spacial score (nSPS) is 14.8. The monoisotopic (exact) mass is 557 g/mol. The predicted molar refractivity (Wildman–Crippen MR) is 141 cm³/mol. The summed E-state index contributed by atoms with van der Waals surface area (Å²) in [6.45, 7) is 6.65. The zero-order chi connectivity index (χ0) is 21.2. The summed E-state index contributed by atoms with van der Waals surface area (Å²) >= 11 is 6.32. The van der Waals surface area contributed by atoms with Gasteiger partial charge < -0.3 is 20.7 Å². The van der Waals surface area contributed by atoms with E-state index in [-0.39, 0.29) is 24.0 Å². The van der Waals surface area contributed by atoms with E-state index in [0.717, 1.165) is 75.1 Å². The molecule has 3 rings (SSSR count). The second-order valence-electron chi connectivity index (χ2n) is 7.43. The Labute approximate surface area is 207 Å². The molecule has 1 aliphatic heterocycles. The number of ether oxygens (including phenoxy) is 1. The average Bonchev–Trinajstić information content (AvgIpc) is 2.78. The van der Waals surface area contributed by atoms with Crippen LogP contribution in [-0.2, 0) is 6.42 Å². The number of nitrogens with one attached hydrogen (secondary N) is 1. The van der Waals surface area contributed by atoms with Gasteiger partial charge in [-0.25, -0.2) is 0 Å². The van der Waals surface area contributed by atoms with E-state index in [0.29, 0.717) is 5.96 Å². The first-order chi connectivity index (χ1) is 14.7. The Kier molecular flexibility index (Phi) is 11.2. The summed E-state index contributed by atoms with van der Waals surface area (Å²) in [4.78, 5) is 9.30. The third-order valence-corrected chi connectivity index (χ3v) is 5.68. The fourth-order valence-corrected chi connectivity index (χ4v) is 3.85. The molecule has 0 atom stereocenters. The highest BCUT2D eigenvalue weighted by Crippen LogP contribution is 2.25. The van der Waals surface area contributed by atoms with Crippen LogP contribution >= 0.6 is 35.6 Å². The molecule has 1 heterocycles. The molecular weight excluding hydrogens is 525 g/mol. The van der Waals surface area contributed by atoms with Gasteiger partial charge in [0.1, 0.15) is 5.75 Å². The van der Waals surface area contributed by atoms with Crippen molar-refractivity contribution in [3.05, 3.63) is 59.1 Å². The molecule has 0 amide bonds. The molecule has 1 fully saturated rings. The maximum atomic E-state index is 6.32. The van der Waals surface area contributed by atoms with Gasteiger partial charge in [0.05, 0.1) is 17.8 Å². The number of halogens is 2.